The molecule has 1 heterocycles. The van der Waals surface area contributed by atoms with Gasteiger partial charge < -0.3 is 5.11 Å². The Morgan fingerprint density at radius 2 is 1.96 bits per heavy atom. The minimum absolute atomic E-state index is 0.0234. The monoisotopic (exact) mass is 359 g/mol. The molecule has 2 atom stereocenters. The van der Waals surface area contributed by atoms with Gasteiger partial charge in [0.05, 0.1) is 5.92 Å². The Kier molecular flexibility index (Phi) is 4.92. The molecular formula is C19H21NO4S. The Morgan fingerprint density at radius 1 is 1.24 bits per heavy atom. The standard InChI is InChI=1S/C19H21NO4S/c1-2-18(16-10-9-14-6-3-4-7-15(14)12-16)25(23,24)20-11-5-8-17(13-20)19(21)22/h2-4,6-7,9-10,12,17-18H,1,5,8,11,13H2,(H,21,22). The van der Waals surface area contributed by atoms with Crippen molar-refractivity contribution in [3.8, 4) is 0 Å². The Hall–Kier alpha value is -2.18. The molecule has 2 aromatic carbocycles. The summed E-state index contributed by atoms with van der Waals surface area (Å²) < 4.78 is 27.5. The van der Waals surface area contributed by atoms with Crippen LogP contribution >= 0.6 is 0 Å². The first-order valence-electron chi connectivity index (χ1n) is 8.26. The number of rotatable bonds is 5. The van der Waals surface area contributed by atoms with E-state index in [2.05, 4.69) is 6.58 Å². The maximum atomic E-state index is 13.1. The van der Waals surface area contributed by atoms with Crippen molar-refractivity contribution in [2.45, 2.75) is 18.1 Å². The molecule has 2 unspecified atom stereocenters. The molecule has 132 valence electrons. The Bertz CT molecular complexity index is 907. The normalized spacial score (nSPS) is 20.2. The van der Waals surface area contributed by atoms with E-state index in [0.717, 1.165) is 10.8 Å². The van der Waals surface area contributed by atoms with Crippen LogP contribution in [0.3, 0.4) is 0 Å². The van der Waals surface area contributed by atoms with Crippen LogP contribution in [0.5, 0.6) is 0 Å². The van der Waals surface area contributed by atoms with Gasteiger partial charge in [-0.25, -0.2) is 12.7 Å². The molecule has 0 spiro atoms. The van der Waals surface area contributed by atoms with Gasteiger partial charge in [-0.3, -0.25) is 4.79 Å². The fraction of sp³-hybridized carbons (Fsp3) is 0.316. The molecule has 2 aromatic rings. The first-order chi connectivity index (χ1) is 11.9. The van der Waals surface area contributed by atoms with Gasteiger partial charge in [0, 0.05) is 13.1 Å². The molecule has 1 fully saturated rings. The number of aliphatic carboxylic acids is 1. The van der Waals surface area contributed by atoms with E-state index >= 15 is 0 Å². The van der Waals surface area contributed by atoms with Crippen LogP contribution in [0.1, 0.15) is 23.7 Å². The Morgan fingerprint density at radius 3 is 2.64 bits per heavy atom. The predicted molar refractivity (Wildman–Crippen MR) is 97.7 cm³/mol. The van der Waals surface area contributed by atoms with Crippen molar-refractivity contribution in [2.75, 3.05) is 13.1 Å². The van der Waals surface area contributed by atoms with Crippen molar-refractivity contribution in [3.63, 3.8) is 0 Å². The van der Waals surface area contributed by atoms with Gasteiger partial charge in [-0.05, 0) is 35.2 Å². The molecule has 0 aromatic heterocycles. The largest absolute Gasteiger partial charge is 0.481 e. The van der Waals surface area contributed by atoms with Crippen LogP contribution in [0.4, 0.5) is 0 Å². The number of carboxylic acids is 1. The van der Waals surface area contributed by atoms with Gasteiger partial charge in [0.2, 0.25) is 10.0 Å². The van der Waals surface area contributed by atoms with Crippen LogP contribution in [0.2, 0.25) is 0 Å². The summed E-state index contributed by atoms with van der Waals surface area (Å²) in [7, 11) is -3.71. The minimum Gasteiger partial charge on any atom is -0.481 e. The number of fused-ring (bicyclic) bond motifs is 1. The number of hydrogen-bond acceptors (Lipinski definition) is 3. The summed E-state index contributed by atoms with van der Waals surface area (Å²) in [6, 6.07) is 13.3. The summed E-state index contributed by atoms with van der Waals surface area (Å²) in [5.41, 5.74) is 0.645. The molecule has 0 radical (unpaired) electrons. The summed E-state index contributed by atoms with van der Waals surface area (Å²) in [6.45, 7) is 4.09. The molecule has 0 bridgehead atoms. The molecule has 0 saturated carbocycles. The van der Waals surface area contributed by atoms with Crippen LogP contribution in [-0.4, -0.2) is 36.9 Å². The topological polar surface area (TPSA) is 74.7 Å². The molecule has 25 heavy (non-hydrogen) atoms. The molecule has 1 saturated heterocycles. The van der Waals surface area contributed by atoms with Crippen LogP contribution in [0.15, 0.2) is 55.1 Å². The third-order valence-electron chi connectivity index (χ3n) is 4.73. The highest BCUT2D eigenvalue weighted by atomic mass is 32.2. The lowest BCUT2D eigenvalue weighted by Crippen LogP contribution is -2.43. The van der Waals surface area contributed by atoms with Crippen molar-refractivity contribution < 1.29 is 18.3 Å². The predicted octanol–water partition coefficient (Wildman–Crippen LogP) is 3.19. The molecular weight excluding hydrogens is 338 g/mol. The van der Waals surface area contributed by atoms with Crippen molar-refractivity contribution in [1.29, 1.82) is 0 Å². The number of benzene rings is 2. The zero-order chi connectivity index (χ0) is 18.0. The lowest BCUT2D eigenvalue weighted by Gasteiger charge is -2.32. The zero-order valence-corrected chi connectivity index (χ0v) is 14.7. The van der Waals surface area contributed by atoms with Gasteiger partial charge in [-0.1, -0.05) is 42.5 Å². The number of carboxylic acid groups (broad SMARTS) is 1. The zero-order valence-electron chi connectivity index (χ0n) is 13.8. The first kappa shape index (κ1) is 17.6. The highest BCUT2D eigenvalue weighted by molar-refractivity contribution is 7.89. The lowest BCUT2D eigenvalue weighted by atomic mass is 10.0. The summed E-state index contributed by atoms with van der Waals surface area (Å²) >= 11 is 0. The maximum absolute atomic E-state index is 13.1. The van der Waals surface area contributed by atoms with E-state index in [-0.39, 0.29) is 6.54 Å². The molecule has 5 nitrogen and oxygen atoms in total. The summed E-state index contributed by atoms with van der Waals surface area (Å²) in [5, 5.41) is 10.3. The average Bonchev–Trinajstić information content (AvgIpc) is 2.62. The van der Waals surface area contributed by atoms with Crippen molar-refractivity contribution in [2.24, 2.45) is 5.92 Å². The summed E-state index contributed by atoms with van der Waals surface area (Å²) in [4.78, 5) is 11.2. The minimum atomic E-state index is -3.71. The number of piperidine rings is 1. The van der Waals surface area contributed by atoms with Crippen LogP contribution < -0.4 is 0 Å². The number of nitrogens with zero attached hydrogens (tertiary/aromatic N) is 1. The second kappa shape index (κ2) is 6.98. The summed E-state index contributed by atoms with van der Waals surface area (Å²) in [6.07, 6.45) is 2.48. The number of carbonyl (C=O) groups is 1. The van der Waals surface area contributed by atoms with Gasteiger partial charge in [-0.15, -0.1) is 6.58 Å². The van der Waals surface area contributed by atoms with Crippen LogP contribution in [0.25, 0.3) is 10.8 Å². The lowest BCUT2D eigenvalue weighted by molar-refractivity contribution is -0.142. The fourth-order valence-electron chi connectivity index (χ4n) is 3.35. The van der Waals surface area contributed by atoms with E-state index in [1.54, 1.807) is 6.07 Å². The van der Waals surface area contributed by atoms with E-state index in [4.69, 9.17) is 0 Å². The maximum Gasteiger partial charge on any atom is 0.307 e. The van der Waals surface area contributed by atoms with Crippen molar-refractivity contribution >= 4 is 26.8 Å². The fourth-order valence-corrected chi connectivity index (χ4v) is 5.18. The van der Waals surface area contributed by atoms with E-state index < -0.39 is 27.2 Å². The van der Waals surface area contributed by atoms with E-state index in [1.807, 2.05) is 36.4 Å². The van der Waals surface area contributed by atoms with Crippen LogP contribution in [0, 0.1) is 5.92 Å². The quantitative estimate of drug-likeness (QED) is 0.832. The highest BCUT2D eigenvalue weighted by Crippen LogP contribution is 2.31. The smallest absolute Gasteiger partial charge is 0.307 e. The molecule has 1 aliphatic heterocycles. The van der Waals surface area contributed by atoms with Crippen molar-refractivity contribution in [3.05, 3.63) is 60.7 Å². The number of sulfonamides is 1. The second-order valence-corrected chi connectivity index (χ2v) is 8.40. The third kappa shape index (κ3) is 3.45. The molecule has 1 N–H and O–H groups in total. The third-order valence-corrected chi connectivity index (χ3v) is 6.89. The van der Waals surface area contributed by atoms with E-state index in [9.17, 15) is 18.3 Å². The molecule has 6 heteroatoms. The first-order valence-corrected chi connectivity index (χ1v) is 9.77. The molecule has 3 rings (SSSR count). The van der Waals surface area contributed by atoms with Gasteiger partial charge in [0.15, 0.2) is 0 Å². The number of hydrogen-bond donors (Lipinski definition) is 1. The van der Waals surface area contributed by atoms with Gasteiger partial charge in [0.25, 0.3) is 0 Å². The SMILES string of the molecule is C=CC(c1ccc2ccccc2c1)S(=O)(=O)N1CCCC(C(=O)O)C1. The van der Waals surface area contributed by atoms with Gasteiger partial charge >= 0.3 is 5.97 Å². The second-order valence-electron chi connectivity index (χ2n) is 6.34. The van der Waals surface area contributed by atoms with E-state index in [0.29, 0.717) is 24.9 Å². The summed E-state index contributed by atoms with van der Waals surface area (Å²) in [5.74, 6) is -1.59. The Labute approximate surface area is 147 Å². The highest BCUT2D eigenvalue weighted by Gasteiger charge is 2.36. The Balaban J connectivity index is 1.95. The molecule has 0 aliphatic carbocycles. The van der Waals surface area contributed by atoms with Crippen molar-refractivity contribution in [1.82, 2.24) is 4.31 Å². The van der Waals surface area contributed by atoms with Crippen LogP contribution in [-0.2, 0) is 14.8 Å². The van der Waals surface area contributed by atoms with E-state index in [1.165, 1.54) is 10.4 Å². The van der Waals surface area contributed by atoms with Gasteiger partial charge in [-0.2, -0.15) is 0 Å². The molecule has 1 aliphatic rings. The molecule has 0 amide bonds. The van der Waals surface area contributed by atoms with Gasteiger partial charge in [0.1, 0.15) is 5.25 Å². The average molecular weight is 359 g/mol.